The van der Waals surface area contributed by atoms with Gasteiger partial charge in [-0.2, -0.15) is 0 Å². The molecule has 7 nitrogen and oxygen atoms in total. The van der Waals surface area contributed by atoms with Crippen LogP contribution in [0.25, 0.3) is 0 Å². The van der Waals surface area contributed by atoms with Gasteiger partial charge in [0.2, 0.25) is 0 Å². The fourth-order valence-corrected chi connectivity index (χ4v) is 3.08. The normalized spacial score (nSPS) is 24.3. The highest BCUT2D eigenvalue weighted by Gasteiger charge is 2.36. The van der Waals surface area contributed by atoms with E-state index in [2.05, 4.69) is 0 Å². The lowest BCUT2D eigenvalue weighted by Crippen LogP contribution is -2.35. The first-order valence-electron chi connectivity index (χ1n) is 7.70. The number of β-amino-alcohol motifs (C(OH)–C–C–N with tert-alkyl or cyclic N) is 1. The van der Waals surface area contributed by atoms with Crippen molar-refractivity contribution in [3.05, 3.63) is 17.7 Å². The van der Waals surface area contributed by atoms with Crippen LogP contribution in [0.3, 0.4) is 0 Å². The maximum absolute atomic E-state index is 11.4. The number of aliphatic hydroxyl groups is 1. The Kier molecular flexibility index (Phi) is 4.58. The number of carboxylic acids is 1. The van der Waals surface area contributed by atoms with Gasteiger partial charge in [0, 0.05) is 37.6 Å². The van der Waals surface area contributed by atoms with E-state index in [1.165, 1.54) is 0 Å². The first-order chi connectivity index (χ1) is 11.1. The van der Waals surface area contributed by atoms with Crippen molar-refractivity contribution in [2.24, 2.45) is 0 Å². The molecule has 1 fully saturated rings. The summed E-state index contributed by atoms with van der Waals surface area (Å²) in [6.45, 7) is 1.87. The molecular weight excluding hydrogens is 302 g/mol. The second-order valence-electron chi connectivity index (χ2n) is 5.83. The van der Waals surface area contributed by atoms with E-state index in [0.29, 0.717) is 43.6 Å². The maximum atomic E-state index is 11.4. The van der Waals surface area contributed by atoms with E-state index in [1.54, 1.807) is 18.1 Å². The quantitative estimate of drug-likeness (QED) is 0.850. The summed E-state index contributed by atoms with van der Waals surface area (Å²) in [6.07, 6.45) is 0.427. The first-order valence-corrected chi connectivity index (χ1v) is 7.70. The molecule has 3 rings (SSSR count). The van der Waals surface area contributed by atoms with E-state index >= 15 is 0 Å². The summed E-state index contributed by atoms with van der Waals surface area (Å²) >= 11 is 0. The molecule has 2 heterocycles. The van der Waals surface area contributed by atoms with Gasteiger partial charge in [-0.05, 0) is 6.07 Å². The molecule has 7 heteroatoms. The number of carboxylic acid groups (broad SMARTS) is 1. The monoisotopic (exact) mass is 323 g/mol. The minimum atomic E-state index is -0.921. The summed E-state index contributed by atoms with van der Waals surface area (Å²) in [7, 11) is 1.57. The van der Waals surface area contributed by atoms with Crippen LogP contribution in [0.1, 0.15) is 18.4 Å². The standard InChI is InChI=1S/C16H21NO6/c1-21-13-7-15-14(22-3-2-4-23-15)5-10(13)8-17-9-11(18)6-12(17)16(19)20/h5,7,11-12,18H,2-4,6,8-9H2,1H3,(H,19,20)/t11-,12+/m1/s1. The van der Waals surface area contributed by atoms with Crippen LogP contribution in [0.2, 0.25) is 0 Å². The number of ether oxygens (including phenoxy) is 3. The van der Waals surface area contributed by atoms with E-state index < -0.39 is 18.1 Å². The summed E-state index contributed by atoms with van der Waals surface area (Å²) in [5.41, 5.74) is 0.817. The molecule has 23 heavy (non-hydrogen) atoms. The molecular formula is C16H21NO6. The van der Waals surface area contributed by atoms with Crippen LogP contribution in [-0.2, 0) is 11.3 Å². The number of methoxy groups -OCH3 is 1. The van der Waals surface area contributed by atoms with Crippen molar-refractivity contribution < 1.29 is 29.2 Å². The van der Waals surface area contributed by atoms with Gasteiger partial charge >= 0.3 is 5.97 Å². The van der Waals surface area contributed by atoms with Gasteiger partial charge in [-0.25, -0.2) is 0 Å². The van der Waals surface area contributed by atoms with E-state index in [0.717, 1.165) is 12.0 Å². The number of rotatable bonds is 4. The molecule has 0 unspecified atom stereocenters. The zero-order valence-electron chi connectivity index (χ0n) is 13.0. The maximum Gasteiger partial charge on any atom is 0.321 e. The summed E-state index contributed by atoms with van der Waals surface area (Å²) in [5.74, 6) is 0.985. The van der Waals surface area contributed by atoms with Crippen molar-refractivity contribution in [2.45, 2.75) is 31.5 Å². The number of hydrogen-bond acceptors (Lipinski definition) is 6. The van der Waals surface area contributed by atoms with E-state index in [-0.39, 0.29) is 6.42 Å². The minimum absolute atomic E-state index is 0.238. The van der Waals surface area contributed by atoms with E-state index in [9.17, 15) is 15.0 Å². The molecule has 0 saturated carbocycles. The number of hydrogen-bond donors (Lipinski definition) is 2. The fourth-order valence-electron chi connectivity index (χ4n) is 3.08. The second-order valence-corrected chi connectivity index (χ2v) is 5.83. The number of benzene rings is 1. The molecule has 126 valence electrons. The number of fused-ring (bicyclic) bond motifs is 1. The molecule has 2 aliphatic rings. The summed E-state index contributed by atoms with van der Waals surface area (Å²) < 4.78 is 16.7. The highest BCUT2D eigenvalue weighted by atomic mass is 16.5. The zero-order valence-corrected chi connectivity index (χ0v) is 13.0. The minimum Gasteiger partial charge on any atom is -0.496 e. The molecule has 0 spiro atoms. The van der Waals surface area contributed by atoms with Crippen molar-refractivity contribution in [2.75, 3.05) is 26.9 Å². The number of aliphatic hydroxyl groups excluding tert-OH is 1. The zero-order chi connectivity index (χ0) is 16.4. The number of aliphatic carboxylic acids is 1. The lowest BCUT2D eigenvalue weighted by atomic mass is 10.1. The van der Waals surface area contributed by atoms with Crippen LogP contribution in [0.15, 0.2) is 12.1 Å². The van der Waals surface area contributed by atoms with Crippen molar-refractivity contribution >= 4 is 5.97 Å². The van der Waals surface area contributed by atoms with Gasteiger partial charge in [-0.1, -0.05) is 0 Å². The van der Waals surface area contributed by atoms with Gasteiger partial charge in [-0.3, -0.25) is 9.69 Å². The van der Waals surface area contributed by atoms with Crippen molar-refractivity contribution in [1.29, 1.82) is 0 Å². The Morgan fingerprint density at radius 3 is 2.70 bits per heavy atom. The largest absolute Gasteiger partial charge is 0.496 e. The van der Waals surface area contributed by atoms with Crippen LogP contribution in [0, 0.1) is 0 Å². The van der Waals surface area contributed by atoms with Crippen LogP contribution in [-0.4, -0.2) is 60.1 Å². The van der Waals surface area contributed by atoms with Gasteiger partial charge in [0.25, 0.3) is 0 Å². The highest BCUT2D eigenvalue weighted by molar-refractivity contribution is 5.74. The van der Waals surface area contributed by atoms with Crippen LogP contribution in [0.4, 0.5) is 0 Å². The Morgan fingerprint density at radius 1 is 1.35 bits per heavy atom. The molecule has 1 saturated heterocycles. The highest BCUT2D eigenvalue weighted by Crippen LogP contribution is 2.37. The van der Waals surface area contributed by atoms with Crippen molar-refractivity contribution in [3.63, 3.8) is 0 Å². The molecule has 0 bridgehead atoms. The SMILES string of the molecule is COc1cc2c(cc1CN1C[C@H](O)C[C@H]1C(=O)O)OCCCO2. The predicted molar refractivity (Wildman–Crippen MR) is 81.1 cm³/mol. The topological polar surface area (TPSA) is 88.5 Å². The number of carbonyl (C=O) groups is 1. The molecule has 0 aromatic heterocycles. The molecule has 0 aliphatic carbocycles. The Balaban J connectivity index is 1.87. The average molecular weight is 323 g/mol. The Hall–Kier alpha value is -1.99. The third-order valence-electron chi connectivity index (χ3n) is 4.19. The van der Waals surface area contributed by atoms with Crippen LogP contribution < -0.4 is 14.2 Å². The van der Waals surface area contributed by atoms with Crippen LogP contribution >= 0.6 is 0 Å². The molecule has 1 aromatic carbocycles. The predicted octanol–water partition coefficient (Wildman–Crippen LogP) is 0.876. The average Bonchev–Trinajstić information content (AvgIpc) is 2.75. The third kappa shape index (κ3) is 3.35. The summed E-state index contributed by atoms with van der Waals surface area (Å²) in [5, 5.41) is 19.1. The van der Waals surface area contributed by atoms with Gasteiger partial charge in [0.05, 0.1) is 26.4 Å². The Labute approximate surface area is 134 Å². The van der Waals surface area contributed by atoms with E-state index in [1.807, 2.05) is 6.07 Å². The lowest BCUT2D eigenvalue weighted by molar-refractivity contribution is -0.142. The second kappa shape index (κ2) is 6.64. The van der Waals surface area contributed by atoms with E-state index in [4.69, 9.17) is 14.2 Å². The fraction of sp³-hybridized carbons (Fsp3) is 0.562. The summed E-state index contributed by atoms with van der Waals surface area (Å²) in [6, 6.07) is 2.92. The Morgan fingerprint density at radius 2 is 2.04 bits per heavy atom. The summed E-state index contributed by atoms with van der Waals surface area (Å²) in [4.78, 5) is 13.1. The van der Waals surface area contributed by atoms with Crippen molar-refractivity contribution in [1.82, 2.24) is 4.90 Å². The molecule has 0 amide bonds. The van der Waals surface area contributed by atoms with Gasteiger partial charge in [0.1, 0.15) is 11.8 Å². The third-order valence-corrected chi connectivity index (χ3v) is 4.19. The Bertz CT molecular complexity index is 590. The van der Waals surface area contributed by atoms with Gasteiger partial charge < -0.3 is 24.4 Å². The molecule has 1 aromatic rings. The lowest BCUT2D eigenvalue weighted by Gasteiger charge is -2.22. The molecule has 0 radical (unpaired) electrons. The molecule has 2 atom stereocenters. The smallest absolute Gasteiger partial charge is 0.321 e. The number of likely N-dealkylation sites (tertiary alicyclic amines) is 1. The molecule has 2 N–H and O–H groups in total. The van der Waals surface area contributed by atoms with Gasteiger partial charge in [-0.15, -0.1) is 0 Å². The first kappa shape index (κ1) is 15.9. The van der Waals surface area contributed by atoms with Crippen molar-refractivity contribution in [3.8, 4) is 17.2 Å². The van der Waals surface area contributed by atoms with Crippen LogP contribution in [0.5, 0.6) is 17.2 Å². The van der Waals surface area contributed by atoms with Gasteiger partial charge in [0.15, 0.2) is 11.5 Å². The molecule has 2 aliphatic heterocycles. The number of nitrogens with zero attached hydrogens (tertiary/aromatic N) is 1.